The predicted molar refractivity (Wildman–Crippen MR) is 97.7 cm³/mol. The van der Waals surface area contributed by atoms with Crippen LogP contribution in [0.25, 0.3) is 10.9 Å². The Labute approximate surface area is 162 Å². The summed E-state index contributed by atoms with van der Waals surface area (Å²) in [5.41, 5.74) is -1.81. The van der Waals surface area contributed by atoms with E-state index >= 15 is 0 Å². The van der Waals surface area contributed by atoms with Crippen LogP contribution in [0.4, 0.5) is 27.6 Å². The number of aromatic nitrogens is 1. The Morgan fingerprint density at radius 2 is 1.79 bits per heavy atom. The smallest absolute Gasteiger partial charge is 0.375 e. The Morgan fingerprint density at radius 3 is 2.34 bits per heavy atom. The molecule has 0 N–H and O–H groups in total. The van der Waals surface area contributed by atoms with Crippen LogP contribution < -0.4 is 10.3 Å². The van der Waals surface area contributed by atoms with E-state index in [1.54, 1.807) is 20.2 Å². The molecule has 0 spiro atoms. The number of fused-ring (bicyclic) bond motifs is 1. The fraction of sp³-hybridized carbons (Fsp3) is 0.200. The SMILES string of the molecule is CN(C)c1cc2c(cc1F)c(=O)c(C#N)cn2Cc1ccc(C(F)(F)F)cc1F. The van der Waals surface area contributed by atoms with Crippen molar-refractivity contribution in [3.05, 3.63) is 75.1 Å². The molecule has 3 rings (SSSR count). The number of benzene rings is 2. The molecule has 0 amide bonds. The van der Waals surface area contributed by atoms with Crippen molar-refractivity contribution < 1.29 is 22.0 Å². The van der Waals surface area contributed by atoms with Crippen molar-refractivity contribution in [2.24, 2.45) is 0 Å². The molecule has 0 bridgehead atoms. The molecule has 0 aliphatic carbocycles. The van der Waals surface area contributed by atoms with Crippen molar-refractivity contribution in [2.75, 3.05) is 19.0 Å². The third kappa shape index (κ3) is 3.78. The average Bonchev–Trinajstić information content (AvgIpc) is 2.64. The van der Waals surface area contributed by atoms with Crippen LogP contribution in [-0.4, -0.2) is 18.7 Å². The standard InChI is InChI=1S/C20H14F5N3O/c1-27(2)18-7-17-14(6-16(18)22)19(29)12(8-26)10-28(17)9-11-3-4-13(5-15(11)21)20(23,24)25/h3-7,10H,9H2,1-2H3. The second kappa shape index (κ2) is 7.20. The maximum Gasteiger partial charge on any atom is 0.416 e. The number of halogens is 5. The van der Waals surface area contributed by atoms with Gasteiger partial charge in [0, 0.05) is 25.9 Å². The molecule has 4 nitrogen and oxygen atoms in total. The van der Waals surface area contributed by atoms with Gasteiger partial charge in [-0.2, -0.15) is 18.4 Å². The Balaban J connectivity index is 2.21. The molecule has 0 aliphatic rings. The number of hydrogen-bond donors (Lipinski definition) is 0. The third-order valence-electron chi connectivity index (χ3n) is 4.47. The van der Waals surface area contributed by atoms with Gasteiger partial charge in [0.05, 0.1) is 28.7 Å². The highest BCUT2D eigenvalue weighted by Crippen LogP contribution is 2.31. The second-order valence-corrected chi connectivity index (χ2v) is 6.63. The molecule has 0 unspecified atom stereocenters. The molecule has 0 atom stereocenters. The number of nitriles is 1. The summed E-state index contributed by atoms with van der Waals surface area (Å²) in [7, 11) is 3.18. The molecular weight excluding hydrogens is 393 g/mol. The van der Waals surface area contributed by atoms with Crippen molar-refractivity contribution in [2.45, 2.75) is 12.7 Å². The highest BCUT2D eigenvalue weighted by atomic mass is 19.4. The summed E-state index contributed by atoms with van der Waals surface area (Å²) in [6.07, 6.45) is -3.51. The van der Waals surface area contributed by atoms with Crippen molar-refractivity contribution in [3.8, 4) is 6.07 Å². The van der Waals surface area contributed by atoms with Gasteiger partial charge in [0.1, 0.15) is 23.3 Å². The summed E-state index contributed by atoms with van der Waals surface area (Å²) >= 11 is 0. The summed E-state index contributed by atoms with van der Waals surface area (Å²) in [5, 5.41) is 9.11. The summed E-state index contributed by atoms with van der Waals surface area (Å²) in [4.78, 5) is 13.9. The summed E-state index contributed by atoms with van der Waals surface area (Å²) in [6.45, 7) is -0.256. The zero-order valence-corrected chi connectivity index (χ0v) is 15.3. The quantitative estimate of drug-likeness (QED) is 0.609. The van der Waals surface area contributed by atoms with Gasteiger partial charge in [-0.15, -0.1) is 0 Å². The molecule has 1 heterocycles. The third-order valence-corrected chi connectivity index (χ3v) is 4.47. The van der Waals surface area contributed by atoms with Crippen molar-refractivity contribution in [3.63, 3.8) is 0 Å². The van der Waals surface area contributed by atoms with E-state index in [0.717, 1.165) is 18.2 Å². The summed E-state index contributed by atoms with van der Waals surface area (Å²) in [6, 6.07) is 6.19. The highest BCUT2D eigenvalue weighted by Gasteiger charge is 2.31. The van der Waals surface area contributed by atoms with Gasteiger partial charge in [-0.25, -0.2) is 8.78 Å². The number of anilines is 1. The van der Waals surface area contributed by atoms with E-state index in [0.29, 0.717) is 6.07 Å². The number of hydrogen-bond acceptors (Lipinski definition) is 3. The minimum absolute atomic E-state index is 0.0810. The van der Waals surface area contributed by atoms with Crippen LogP contribution in [0.5, 0.6) is 0 Å². The molecule has 0 fully saturated rings. The number of nitrogens with zero attached hydrogens (tertiary/aromatic N) is 3. The normalized spacial score (nSPS) is 11.5. The van der Waals surface area contributed by atoms with E-state index in [1.165, 1.54) is 21.7 Å². The van der Waals surface area contributed by atoms with Gasteiger partial charge >= 0.3 is 6.18 Å². The van der Waals surface area contributed by atoms with Crippen LogP contribution in [0.1, 0.15) is 16.7 Å². The minimum Gasteiger partial charge on any atom is -0.375 e. The summed E-state index contributed by atoms with van der Waals surface area (Å²) in [5.74, 6) is -1.76. The Hall–Kier alpha value is -3.41. The Kier molecular flexibility index (Phi) is 5.05. The predicted octanol–water partition coefficient (Wildman–Crippen LogP) is 4.28. The van der Waals surface area contributed by atoms with Crippen LogP contribution >= 0.6 is 0 Å². The Bertz CT molecular complexity index is 1210. The molecule has 2 aromatic carbocycles. The van der Waals surface area contributed by atoms with Crippen LogP contribution in [-0.2, 0) is 12.7 Å². The van der Waals surface area contributed by atoms with E-state index in [9.17, 15) is 32.0 Å². The first-order valence-corrected chi connectivity index (χ1v) is 8.32. The van der Waals surface area contributed by atoms with Crippen molar-refractivity contribution >= 4 is 16.6 Å². The average molecular weight is 407 g/mol. The molecule has 9 heteroatoms. The molecule has 0 saturated carbocycles. The maximum atomic E-state index is 14.3. The fourth-order valence-electron chi connectivity index (χ4n) is 2.99. The van der Waals surface area contributed by atoms with Gasteiger partial charge in [0.25, 0.3) is 0 Å². The number of rotatable bonds is 3. The van der Waals surface area contributed by atoms with Crippen LogP contribution in [0.2, 0.25) is 0 Å². The number of pyridine rings is 1. The molecule has 29 heavy (non-hydrogen) atoms. The second-order valence-electron chi connectivity index (χ2n) is 6.63. The van der Waals surface area contributed by atoms with Gasteiger partial charge < -0.3 is 9.47 Å². The van der Waals surface area contributed by atoms with E-state index in [-0.39, 0.29) is 34.3 Å². The lowest BCUT2D eigenvalue weighted by Crippen LogP contribution is -2.17. The number of alkyl halides is 3. The lowest BCUT2D eigenvalue weighted by molar-refractivity contribution is -0.137. The first-order valence-electron chi connectivity index (χ1n) is 8.32. The Morgan fingerprint density at radius 1 is 1.10 bits per heavy atom. The van der Waals surface area contributed by atoms with Gasteiger partial charge in [-0.05, 0) is 24.3 Å². The van der Waals surface area contributed by atoms with E-state index in [2.05, 4.69) is 0 Å². The maximum absolute atomic E-state index is 14.3. The monoisotopic (exact) mass is 407 g/mol. The lowest BCUT2D eigenvalue weighted by Gasteiger charge is -2.18. The highest BCUT2D eigenvalue weighted by molar-refractivity contribution is 5.84. The largest absolute Gasteiger partial charge is 0.416 e. The molecule has 0 saturated heterocycles. The zero-order chi connectivity index (χ0) is 21.5. The molecule has 150 valence electrons. The van der Waals surface area contributed by atoms with E-state index in [1.807, 2.05) is 0 Å². The van der Waals surface area contributed by atoms with Crippen molar-refractivity contribution in [1.29, 1.82) is 5.26 Å². The molecular formula is C20H14F5N3O. The fourth-order valence-corrected chi connectivity index (χ4v) is 2.99. The van der Waals surface area contributed by atoms with Crippen LogP contribution in [0.15, 0.2) is 41.3 Å². The first-order chi connectivity index (χ1) is 13.5. The zero-order valence-electron chi connectivity index (χ0n) is 15.3. The van der Waals surface area contributed by atoms with Gasteiger partial charge in [0.15, 0.2) is 0 Å². The van der Waals surface area contributed by atoms with Crippen LogP contribution in [0, 0.1) is 23.0 Å². The topological polar surface area (TPSA) is 49.0 Å². The van der Waals surface area contributed by atoms with Gasteiger partial charge in [0.2, 0.25) is 5.43 Å². The van der Waals surface area contributed by atoms with Gasteiger partial charge in [-0.3, -0.25) is 4.79 Å². The minimum atomic E-state index is -4.68. The first kappa shape index (κ1) is 20.3. The lowest BCUT2D eigenvalue weighted by atomic mass is 10.1. The molecule has 0 radical (unpaired) electrons. The van der Waals surface area contributed by atoms with E-state index in [4.69, 9.17) is 0 Å². The van der Waals surface area contributed by atoms with Crippen molar-refractivity contribution in [1.82, 2.24) is 4.57 Å². The van der Waals surface area contributed by atoms with E-state index < -0.39 is 28.8 Å². The molecule has 0 aliphatic heterocycles. The van der Waals surface area contributed by atoms with Crippen LogP contribution in [0.3, 0.4) is 0 Å². The molecule has 3 aromatic rings. The van der Waals surface area contributed by atoms with Gasteiger partial charge in [-0.1, -0.05) is 6.07 Å². The summed E-state index contributed by atoms with van der Waals surface area (Å²) < 4.78 is 68.2. The molecule has 1 aromatic heterocycles.